The van der Waals surface area contributed by atoms with Gasteiger partial charge in [0.05, 0.1) is 24.7 Å². The van der Waals surface area contributed by atoms with Crippen molar-refractivity contribution in [2.75, 3.05) is 17.7 Å². The maximum Gasteiger partial charge on any atom is 0.261 e. The number of rotatable bonds is 6. The first-order chi connectivity index (χ1) is 15.5. The highest BCUT2D eigenvalue weighted by atomic mass is 19.1. The quantitative estimate of drug-likeness (QED) is 0.481. The summed E-state index contributed by atoms with van der Waals surface area (Å²) in [5.74, 6) is -0.0656. The third-order valence-electron chi connectivity index (χ3n) is 4.68. The van der Waals surface area contributed by atoms with Gasteiger partial charge in [0, 0.05) is 25.0 Å². The van der Waals surface area contributed by atoms with Gasteiger partial charge in [-0.25, -0.2) is 9.07 Å². The van der Waals surface area contributed by atoms with Crippen molar-refractivity contribution >= 4 is 23.2 Å². The number of aromatic nitrogens is 3. The Morgan fingerprint density at radius 3 is 2.41 bits per heavy atom. The van der Waals surface area contributed by atoms with Crippen LogP contribution in [0.5, 0.6) is 5.75 Å². The van der Waals surface area contributed by atoms with Crippen molar-refractivity contribution in [1.82, 2.24) is 14.3 Å². The normalized spacial score (nSPS) is 10.6. The van der Waals surface area contributed by atoms with Gasteiger partial charge in [-0.3, -0.25) is 9.59 Å². The van der Waals surface area contributed by atoms with E-state index in [1.54, 1.807) is 52.0 Å². The van der Waals surface area contributed by atoms with Gasteiger partial charge < -0.3 is 19.9 Å². The number of anilines is 2. The van der Waals surface area contributed by atoms with Crippen LogP contribution < -0.4 is 15.4 Å². The molecule has 32 heavy (non-hydrogen) atoms. The number of carbonyl (C=O) groups excluding carboxylic acids is 2. The maximum absolute atomic E-state index is 13.4. The summed E-state index contributed by atoms with van der Waals surface area (Å²) >= 11 is 0. The minimum Gasteiger partial charge on any atom is -0.495 e. The molecule has 0 radical (unpaired) electrons. The molecular formula is C23H20FN5O3. The lowest BCUT2D eigenvalue weighted by molar-refractivity contribution is -0.114. The molecule has 0 saturated heterocycles. The molecule has 0 spiro atoms. The number of halogens is 1. The monoisotopic (exact) mass is 433 g/mol. The molecule has 0 aliphatic carbocycles. The molecule has 0 bridgehead atoms. The molecule has 0 unspecified atom stereocenters. The lowest BCUT2D eigenvalue weighted by atomic mass is 10.2. The van der Waals surface area contributed by atoms with E-state index in [1.807, 2.05) is 12.1 Å². The van der Waals surface area contributed by atoms with Crippen LogP contribution in [0.15, 0.2) is 73.2 Å². The first kappa shape index (κ1) is 20.9. The van der Waals surface area contributed by atoms with E-state index in [9.17, 15) is 14.0 Å². The van der Waals surface area contributed by atoms with Crippen molar-refractivity contribution in [3.8, 4) is 17.3 Å². The Morgan fingerprint density at radius 1 is 1.03 bits per heavy atom. The number of benzene rings is 2. The number of hydrogen-bond acceptors (Lipinski definition) is 4. The molecule has 0 aliphatic rings. The van der Waals surface area contributed by atoms with E-state index < -0.39 is 5.91 Å². The Kier molecular flexibility index (Phi) is 5.71. The van der Waals surface area contributed by atoms with E-state index in [1.165, 1.54) is 32.4 Å². The molecular weight excluding hydrogens is 413 g/mol. The van der Waals surface area contributed by atoms with Gasteiger partial charge in [0.15, 0.2) is 5.82 Å². The largest absolute Gasteiger partial charge is 0.495 e. The van der Waals surface area contributed by atoms with Crippen LogP contribution in [-0.2, 0) is 4.79 Å². The number of hydrogen-bond donors (Lipinski definition) is 2. The second kappa shape index (κ2) is 8.76. The predicted octanol–water partition coefficient (Wildman–Crippen LogP) is 4.02. The second-order valence-corrected chi connectivity index (χ2v) is 6.91. The Morgan fingerprint density at radius 2 is 1.75 bits per heavy atom. The van der Waals surface area contributed by atoms with Crippen LogP contribution in [0.1, 0.15) is 17.3 Å². The molecule has 0 fully saturated rings. The molecule has 2 amide bonds. The Bertz CT molecular complexity index is 1260. The Balaban J connectivity index is 1.70. The number of amides is 2. The third-order valence-corrected chi connectivity index (χ3v) is 4.68. The van der Waals surface area contributed by atoms with Gasteiger partial charge in [-0.05, 0) is 54.6 Å². The summed E-state index contributed by atoms with van der Waals surface area (Å²) in [5.41, 5.74) is 1.81. The predicted molar refractivity (Wildman–Crippen MR) is 118 cm³/mol. The average molecular weight is 433 g/mol. The molecule has 0 saturated carbocycles. The molecule has 9 heteroatoms. The number of ether oxygens (including phenoxy) is 1. The smallest absolute Gasteiger partial charge is 0.261 e. The van der Waals surface area contributed by atoms with Crippen molar-refractivity contribution < 1.29 is 18.7 Å². The lowest BCUT2D eigenvalue weighted by Crippen LogP contribution is -2.16. The molecule has 8 nitrogen and oxygen atoms in total. The molecule has 4 rings (SSSR count). The summed E-state index contributed by atoms with van der Waals surface area (Å²) in [6.45, 7) is 1.39. The molecule has 2 aromatic carbocycles. The minimum atomic E-state index is -0.402. The molecule has 2 N–H and O–H groups in total. The molecule has 2 aromatic heterocycles. The summed E-state index contributed by atoms with van der Waals surface area (Å²) in [5, 5.41) is 9.86. The summed E-state index contributed by atoms with van der Waals surface area (Å²) in [6.07, 6.45) is 5.03. The first-order valence-electron chi connectivity index (χ1n) is 9.70. The van der Waals surface area contributed by atoms with E-state index in [4.69, 9.17) is 4.74 Å². The van der Waals surface area contributed by atoms with Gasteiger partial charge in [-0.2, -0.15) is 5.10 Å². The number of nitrogens with zero attached hydrogens (tertiary/aromatic N) is 3. The highest BCUT2D eigenvalue weighted by Gasteiger charge is 2.20. The highest BCUT2D eigenvalue weighted by molar-refractivity contribution is 6.07. The van der Waals surface area contributed by atoms with E-state index >= 15 is 0 Å². The maximum atomic E-state index is 13.4. The number of methoxy groups -OCH3 is 1. The molecule has 0 aliphatic heterocycles. The zero-order valence-electron chi connectivity index (χ0n) is 17.4. The zero-order valence-corrected chi connectivity index (χ0v) is 17.4. The van der Waals surface area contributed by atoms with Gasteiger partial charge >= 0.3 is 0 Å². The van der Waals surface area contributed by atoms with Crippen LogP contribution >= 0.6 is 0 Å². The summed E-state index contributed by atoms with van der Waals surface area (Å²) in [4.78, 5) is 24.6. The van der Waals surface area contributed by atoms with Crippen LogP contribution in [0, 0.1) is 5.82 Å². The van der Waals surface area contributed by atoms with Crippen molar-refractivity contribution in [2.24, 2.45) is 0 Å². The van der Waals surface area contributed by atoms with Crippen LogP contribution in [0.4, 0.5) is 15.8 Å². The van der Waals surface area contributed by atoms with Gasteiger partial charge in [0.25, 0.3) is 5.91 Å². The first-order valence-corrected chi connectivity index (χ1v) is 9.70. The molecule has 162 valence electrons. The van der Waals surface area contributed by atoms with Crippen molar-refractivity contribution in [3.63, 3.8) is 0 Å². The van der Waals surface area contributed by atoms with E-state index in [0.29, 0.717) is 34.2 Å². The SMILES string of the molecule is COc1ccc(NC(=O)c2cnn(-c3ccc(F)cc3)c2-n2cccc2)cc1NC(C)=O. The fourth-order valence-corrected chi connectivity index (χ4v) is 3.27. The van der Waals surface area contributed by atoms with Gasteiger partial charge in [-0.15, -0.1) is 0 Å². The summed E-state index contributed by atoms with van der Waals surface area (Å²) in [7, 11) is 1.49. The van der Waals surface area contributed by atoms with E-state index in [-0.39, 0.29) is 11.7 Å². The minimum absolute atomic E-state index is 0.262. The fraction of sp³-hybridized carbons (Fsp3) is 0.0870. The molecule has 4 aromatic rings. The van der Waals surface area contributed by atoms with Crippen LogP contribution in [0.25, 0.3) is 11.5 Å². The third kappa shape index (κ3) is 4.22. The van der Waals surface area contributed by atoms with Crippen LogP contribution in [-0.4, -0.2) is 33.3 Å². The second-order valence-electron chi connectivity index (χ2n) is 6.91. The van der Waals surface area contributed by atoms with E-state index in [2.05, 4.69) is 15.7 Å². The van der Waals surface area contributed by atoms with Gasteiger partial charge in [-0.1, -0.05) is 0 Å². The van der Waals surface area contributed by atoms with Crippen LogP contribution in [0.3, 0.4) is 0 Å². The van der Waals surface area contributed by atoms with Gasteiger partial charge in [0.1, 0.15) is 17.1 Å². The van der Waals surface area contributed by atoms with E-state index in [0.717, 1.165) is 0 Å². The highest BCUT2D eigenvalue weighted by Crippen LogP contribution is 2.29. The average Bonchev–Trinajstić information content (AvgIpc) is 3.44. The number of carbonyl (C=O) groups is 2. The van der Waals surface area contributed by atoms with Crippen molar-refractivity contribution in [1.29, 1.82) is 0 Å². The summed E-state index contributed by atoms with van der Waals surface area (Å²) < 4.78 is 21.9. The number of nitrogens with one attached hydrogen (secondary N) is 2. The Hall–Kier alpha value is -4.40. The molecule has 2 heterocycles. The lowest BCUT2D eigenvalue weighted by Gasteiger charge is -2.13. The van der Waals surface area contributed by atoms with Crippen molar-refractivity contribution in [3.05, 3.63) is 84.6 Å². The molecule has 0 atom stereocenters. The summed E-state index contributed by atoms with van der Waals surface area (Å²) in [6, 6.07) is 14.4. The fourth-order valence-electron chi connectivity index (χ4n) is 3.27. The topological polar surface area (TPSA) is 90.2 Å². The van der Waals surface area contributed by atoms with Crippen LogP contribution in [0.2, 0.25) is 0 Å². The zero-order chi connectivity index (χ0) is 22.7. The standard InChI is InChI=1S/C23H20FN5O3/c1-15(30)26-20-13-17(7-10-21(20)32-2)27-22(31)19-14-25-29(18-8-5-16(24)6-9-18)23(19)28-11-3-4-12-28/h3-14H,1-2H3,(H,26,30)(H,27,31). The Labute approximate surface area is 183 Å². The van der Waals surface area contributed by atoms with Gasteiger partial charge in [0.2, 0.25) is 5.91 Å². The van der Waals surface area contributed by atoms with Crippen molar-refractivity contribution in [2.45, 2.75) is 6.92 Å².